The van der Waals surface area contributed by atoms with Crippen LogP contribution in [0.3, 0.4) is 0 Å². The Hall–Kier alpha value is -2.23. The summed E-state index contributed by atoms with van der Waals surface area (Å²) in [5.41, 5.74) is 1.69. The molecule has 1 aromatic heterocycles. The number of fused-ring (bicyclic) bond motifs is 1. The van der Waals surface area contributed by atoms with Gasteiger partial charge in [0.15, 0.2) is 0 Å². The Morgan fingerprint density at radius 3 is 2.70 bits per heavy atom. The molecule has 1 aliphatic carbocycles. The number of hydrogen-bond acceptors (Lipinski definition) is 5. The number of aromatic nitrogens is 2. The molecule has 1 fully saturated rings. The molecule has 10 heteroatoms. The Morgan fingerprint density at radius 2 is 2.03 bits per heavy atom. The maximum atomic E-state index is 14.7. The Morgan fingerprint density at radius 1 is 1.30 bits per heavy atom. The molecule has 30 heavy (non-hydrogen) atoms. The van der Waals surface area contributed by atoms with E-state index < -0.39 is 12.9 Å². The molecule has 0 bridgehead atoms. The van der Waals surface area contributed by atoms with Crippen molar-refractivity contribution in [2.24, 2.45) is 0 Å². The number of carbonyl (C=O) groups excluding carboxylic acids is 1. The van der Waals surface area contributed by atoms with E-state index in [1.165, 1.54) is 11.0 Å². The van der Waals surface area contributed by atoms with Crippen LogP contribution in [0.15, 0.2) is 24.4 Å². The maximum Gasteiger partial charge on any atom is 0.373 e. The number of para-hydroxylation sites is 1. The Balaban J connectivity index is 1.68. The minimum atomic E-state index is -0.574. The SMILES string of the molecule is CB(O)NC1CCC(N2C(=O)N(c3c(C)cccc3F)Cc3cnc(Cl)nc32)CC1. The van der Waals surface area contributed by atoms with E-state index in [2.05, 4.69) is 15.2 Å². The highest BCUT2D eigenvalue weighted by molar-refractivity contribution is 6.45. The van der Waals surface area contributed by atoms with E-state index in [-0.39, 0.29) is 35.6 Å². The second kappa shape index (κ2) is 8.49. The molecule has 2 amide bonds. The first kappa shape index (κ1) is 21.0. The van der Waals surface area contributed by atoms with Gasteiger partial charge in [0.1, 0.15) is 11.6 Å². The van der Waals surface area contributed by atoms with Gasteiger partial charge in [-0.15, -0.1) is 0 Å². The summed E-state index contributed by atoms with van der Waals surface area (Å²) in [6.45, 7) is 3.67. The van der Waals surface area contributed by atoms with Crippen LogP contribution in [0.5, 0.6) is 0 Å². The first-order valence-corrected chi connectivity index (χ1v) is 10.5. The van der Waals surface area contributed by atoms with Gasteiger partial charge >= 0.3 is 13.1 Å². The van der Waals surface area contributed by atoms with Crippen LogP contribution < -0.4 is 15.0 Å². The van der Waals surface area contributed by atoms with Gasteiger partial charge in [0.2, 0.25) is 5.28 Å². The lowest BCUT2D eigenvalue weighted by molar-refractivity contribution is 0.242. The quantitative estimate of drug-likeness (QED) is 0.572. The molecule has 0 atom stereocenters. The molecule has 4 rings (SSSR count). The Kier molecular flexibility index (Phi) is 5.95. The van der Waals surface area contributed by atoms with Crippen LogP contribution in [0.25, 0.3) is 0 Å². The van der Waals surface area contributed by atoms with Gasteiger partial charge in [-0.2, -0.15) is 4.98 Å². The van der Waals surface area contributed by atoms with E-state index in [0.717, 1.165) is 31.2 Å². The molecule has 0 spiro atoms. The number of urea groups is 1. The smallest absolute Gasteiger partial charge is 0.373 e. The van der Waals surface area contributed by atoms with E-state index in [9.17, 15) is 14.2 Å². The van der Waals surface area contributed by atoms with Gasteiger partial charge in [-0.1, -0.05) is 12.1 Å². The zero-order chi connectivity index (χ0) is 21.4. The fraction of sp³-hybridized carbons (Fsp3) is 0.450. The monoisotopic (exact) mass is 431 g/mol. The number of anilines is 2. The third-order valence-corrected chi connectivity index (χ3v) is 5.99. The summed E-state index contributed by atoms with van der Waals surface area (Å²) in [5, 5.41) is 12.8. The lowest BCUT2D eigenvalue weighted by Gasteiger charge is -2.43. The minimum Gasteiger partial charge on any atom is -0.437 e. The van der Waals surface area contributed by atoms with Crippen LogP contribution in [-0.4, -0.2) is 40.2 Å². The molecule has 1 aromatic carbocycles. The number of rotatable bonds is 4. The second-order valence-electron chi connectivity index (χ2n) is 7.98. The fourth-order valence-corrected chi connectivity index (χ4v) is 4.60. The number of nitrogens with zero attached hydrogens (tertiary/aromatic N) is 4. The summed E-state index contributed by atoms with van der Waals surface area (Å²) >= 11 is 6.04. The third-order valence-electron chi connectivity index (χ3n) is 5.80. The van der Waals surface area contributed by atoms with Crippen molar-refractivity contribution in [2.45, 2.75) is 58.1 Å². The average molecular weight is 432 g/mol. The van der Waals surface area contributed by atoms with Crippen molar-refractivity contribution in [3.8, 4) is 0 Å². The largest absolute Gasteiger partial charge is 0.437 e. The summed E-state index contributed by atoms with van der Waals surface area (Å²) in [7, 11) is -0.574. The lowest BCUT2D eigenvalue weighted by Crippen LogP contribution is -2.55. The third kappa shape index (κ3) is 4.01. The number of halogens is 2. The first-order valence-electron chi connectivity index (χ1n) is 10.2. The van der Waals surface area contributed by atoms with Crippen molar-refractivity contribution < 1.29 is 14.2 Å². The summed E-state index contributed by atoms with van der Waals surface area (Å²) in [5.74, 6) is 0.0589. The molecule has 0 saturated heterocycles. The topological polar surface area (TPSA) is 81.6 Å². The van der Waals surface area contributed by atoms with Crippen molar-refractivity contribution in [3.05, 3.63) is 46.6 Å². The van der Waals surface area contributed by atoms with Crippen molar-refractivity contribution in [1.29, 1.82) is 0 Å². The van der Waals surface area contributed by atoms with Gasteiger partial charge < -0.3 is 10.3 Å². The molecule has 2 aromatic rings. The lowest BCUT2D eigenvalue weighted by atomic mass is 9.82. The standard InChI is InChI=1S/C20H24BClFN5O2/c1-12-4-3-5-16(23)17(12)27-11-13-10-24-19(22)25-18(13)28(20(27)29)15-8-6-14(7-9-15)26-21(2)30/h3-5,10,14-15,26,30H,6-9,11H2,1-2H3. The molecule has 1 saturated carbocycles. The predicted molar refractivity (Wildman–Crippen MR) is 115 cm³/mol. The molecule has 7 nitrogen and oxygen atoms in total. The highest BCUT2D eigenvalue weighted by Gasteiger charge is 2.40. The van der Waals surface area contributed by atoms with E-state index in [0.29, 0.717) is 11.4 Å². The molecule has 1 aliphatic heterocycles. The van der Waals surface area contributed by atoms with Crippen molar-refractivity contribution in [2.75, 3.05) is 9.80 Å². The van der Waals surface area contributed by atoms with Crippen LogP contribution in [0.1, 0.15) is 36.8 Å². The van der Waals surface area contributed by atoms with Gasteiger partial charge in [-0.25, -0.2) is 14.2 Å². The maximum absolute atomic E-state index is 14.7. The van der Waals surface area contributed by atoms with Crippen molar-refractivity contribution in [1.82, 2.24) is 15.2 Å². The van der Waals surface area contributed by atoms with Crippen LogP contribution in [-0.2, 0) is 6.54 Å². The van der Waals surface area contributed by atoms with Crippen LogP contribution in [0.4, 0.5) is 20.7 Å². The summed E-state index contributed by atoms with van der Waals surface area (Å²) < 4.78 is 14.7. The molecule has 158 valence electrons. The molecule has 0 unspecified atom stereocenters. The minimum absolute atomic E-state index is 0.0755. The van der Waals surface area contributed by atoms with E-state index in [1.807, 2.05) is 0 Å². The molecule has 2 heterocycles. The molecular formula is C20H24BClFN5O2. The zero-order valence-electron chi connectivity index (χ0n) is 17.0. The highest BCUT2D eigenvalue weighted by atomic mass is 35.5. The first-order chi connectivity index (χ1) is 14.3. The highest BCUT2D eigenvalue weighted by Crippen LogP contribution is 2.37. The second-order valence-corrected chi connectivity index (χ2v) is 8.32. The number of hydrogen-bond donors (Lipinski definition) is 2. The molecule has 0 radical (unpaired) electrons. The summed E-state index contributed by atoms with van der Waals surface area (Å²) in [6.07, 6.45) is 4.70. The van der Waals surface area contributed by atoms with Gasteiger partial charge in [-0.05, 0) is 68.7 Å². The van der Waals surface area contributed by atoms with Gasteiger partial charge in [0, 0.05) is 17.8 Å². The number of amides is 2. The van der Waals surface area contributed by atoms with Crippen LogP contribution in [0, 0.1) is 12.7 Å². The number of nitrogens with one attached hydrogen (secondary N) is 1. The van der Waals surface area contributed by atoms with E-state index >= 15 is 0 Å². The van der Waals surface area contributed by atoms with E-state index in [4.69, 9.17) is 11.6 Å². The van der Waals surface area contributed by atoms with Gasteiger partial charge in [-0.3, -0.25) is 9.80 Å². The predicted octanol–water partition coefficient (Wildman–Crippen LogP) is 3.54. The normalized spacial score (nSPS) is 21.6. The van der Waals surface area contributed by atoms with Crippen molar-refractivity contribution in [3.63, 3.8) is 0 Å². The summed E-state index contributed by atoms with van der Waals surface area (Å²) in [4.78, 5) is 25.1. The number of carbonyl (C=O) groups is 1. The van der Waals surface area contributed by atoms with E-state index in [1.54, 1.807) is 37.0 Å². The van der Waals surface area contributed by atoms with Crippen molar-refractivity contribution >= 4 is 36.2 Å². The average Bonchev–Trinajstić information content (AvgIpc) is 2.69. The Bertz CT molecular complexity index is 935. The van der Waals surface area contributed by atoms with Gasteiger partial charge in [0.25, 0.3) is 0 Å². The molecule has 2 aliphatic rings. The van der Waals surface area contributed by atoms with Gasteiger partial charge in [0.05, 0.1) is 12.2 Å². The Labute approximate surface area is 180 Å². The number of benzene rings is 1. The summed E-state index contributed by atoms with van der Waals surface area (Å²) in [6, 6.07) is 4.58. The van der Waals surface area contributed by atoms with Crippen LogP contribution in [0.2, 0.25) is 12.1 Å². The molecule has 2 N–H and O–H groups in total. The zero-order valence-corrected chi connectivity index (χ0v) is 17.7. The fourth-order valence-electron chi connectivity index (χ4n) is 4.47. The number of aryl methyl sites for hydroxylation is 1. The molecular weight excluding hydrogens is 408 g/mol. The van der Waals surface area contributed by atoms with Crippen LogP contribution >= 0.6 is 11.6 Å².